The molecule has 3 nitrogen and oxygen atoms in total. The van der Waals surface area contributed by atoms with E-state index in [1.165, 1.54) is 22.3 Å². The largest absolute Gasteiger partial charge is 0.372 e. The third-order valence-electron chi connectivity index (χ3n) is 4.08. The normalized spacial score (nSPS) is 16.9. The molecule has 0 saturated heterocycles. The fourth-order valence-corrected chi connectivity index (χ4v) is 3.07. The van der Waals surface area contributed by atoms with Crippen LogP contribution in [0.3, 0.4) is 0 Å². The van der Waals surface area contributed by atoms with Crippen molar-refractivity contribution in [3.8, 4) is 0 Å². The molecule has 21 heavy (non-hydrogen) atoms. The summed E-state index contributed by atoms with van der Waals surface area (Å²) in [6.45, 7) is 6.33. The molecule has 0 bridgehead atoms. The van der Waals surface area contributed by atoms with Crippen LogP contribution >= 0.6 is 0 Å². The molecule has 0 fully saturated rings. The Kier molecular flexibility index (Phi) is 3.42. The van der Waals surface area contributed by atoms with E-state index < -0.39 is 0 Å². The first kappa shape index (κ1) is 13.7. The van der Waals surface area contributed by atoms with Gasteiger partial charge in [0.15, 0.2) is 0 Å². The summed E-state index contributed by atoms with van der Waals surface area (Å²) in [6, 6.07) is 11.9. The van der Waals surface area contributed by atoms with E-state index in [9.17, 15) is 4.79 Å². The zero-order chi connectivity index (χ0) is 15.0. The van der Waals surface area contributed by atoms with Crippen LogP contribution in [0, 0.1) is 20.8 Å². The predicted molar refractivity (Wildman–Crippen MR) is 86.8 cm³/mol. The van der Waals surface area contributed by atoms with E-state index in [1.807, 2.05) is 24.3 Å². The third kappa shape index (κ3) is 2.64. The number of hydrogen-bond acceptors (Lipinski definition) is 2. The molecule has 0 radical (unpaired) electrons. The quantitative estimate of drug-likeness (QED) is 0.882. The second-order valence-corrected chi connectivity index (χ2v) is 5.81. The standard InChI is InChI=1S/C18H20N2O/c1-11-8-12(2)14(13(3)9-11)10-17-18(21)20-16-7-5-4-6-15(16)19-17/h4-9,17,19H,10H2,1-3H3,(H,20,21)/t17-/m1/s1. The Morgan fingerprint density at radius 1 is 1.00 bits per heavy atom. The fourth-order valence-electron chi connectivity index (χ4n) is 3.07. The lowest BCUT2D eigenvalue weighted by Gasteiger charge is -2.27. The predicted octanol–water partition coefficient (Wildman–Crippen LogP) is 3.59. The monoisotopic (exact) mass is 280 g/mol. The Balaban J connectivity index is 1.88. The van der Waals surface area contributed by atoms with Crippen molar-refractivity contribution in [2.45, 2.75) is 33.2 Å². The van der Waals surface area contributed by atoms with Crippen LogP contribution in [0.4, 0.5) is 11.4 Å². The number of hydrogen-bond donors (Lipinski definition) is 2. The highest BCUT2D eigenvalue weighted by molar-refractivity contribution is 6.03. The summed E-state index contributed by atoms with van der Waals surface area (Å²) in [5.41, 5.74) is 6.87. The van der Waals surface area contributed by atoms with Crippen LogP contribution < -0.4 is 10.6 Å². The number of carbonyl (C=O) groups excluding carboxylic acids is 1. The van der Waals surface area contributed by atoms with Gasteiger partial charge in [-0.25, -0.2) is 0 Å². The highest BCUT2D eigenvalue weighted by Crippen LogP contribution is 2.28. The van der Waals surface area contributed by atoms with Crippen molar-refractivity contribution >= 4 is 17.3 Å². The van der Waals surface area contributed by atoms with Gasteiger partial charge in [-0.15, -0.1) is 0 Å². The first-order chi connectivity index (χ1) is 10.0. The second-order valence-electron chi connectivity index (χ2n) is 5.81. The molecule has 2 aromatic rings. The minimum absolute atomic E-state index is 0.0353. The average Bonchev–Trinajstić information content (AvgIpc) is 2.43. The van der Waals surface area contributed by atoms with Crippen LogP contribution in [-0.2, 0) is 11.2 Å². The van der Waals surface area contributed by atoms with Gasteiger partial charge in [-0.1, -0.05) is 29.8 Å². The second kappa shape index (κ2) is 5.24. The first-order valence-electron chi connectivity index (χ1n) is 7.28. The third-order valence-corrected chi connectivity index (χ3v) is 4.08. The summed E-state index contributed by atoms with van der Waals surface area (Å²) in [5, 5.41) is 6.33. The Bertz CT molecular complexity index is 683. The molecule has 0 aromatic heterocycles. The van der Waals surface area contributed by atoms with Crippen LogP contribution in [0.15, 0.2) is 36.4 Å². The van der Waals surface area contributed by atoms with E-state index in [1.54, 1.807) is 0 Å². The van der Waals surface area contributed by atoms with Crippen molar-refractivity contribution in [2.24, 2.45) is 0 Å². The number of amides is 1. The summed E-state index contributed by atoms with van der Waals surface area (Å²) in [6.07, 6.45) is 0.706. The molecule has 1 amide bonds. The molecule has 1 atom stereocenters. The van der Waals surface area contributed by atoms with E-state index in [-0.39, 0.29) is 11.9 Å². The molecular formula is C18H20N2O. The maximum absolute atomic E-state index is 12.3. The molecular weight excluding hydrogens is 260 g/mol. The van der Waals surface area contributed by atoms with E-state index in [0.717, 1.165) is 11.4 Å². The zero-order valence-electron chi connectivity index (χ0n) is 12.7. The van der Waals surface area contributed by atoms with Crippen molar-refractivity contribution in [2.75, 3.05) is 10.6 Å². The first-order valence-corrected chi connectivity index (χ1v) is 7.28. The summed E-state index contributed by atoms with van der Waals surface area (Å²) < 4.78 is 0. The van der Waals surface area contributed by atoms with E-state index in [2.05, 4.69) is 43.5 Å². The van der Waals surface area contributed by atoms with Gasteiger partial charge < -0.3 is 10.6 Å². The SMILES string of the molecule is Cc1cc(C)c(C[C@H]2Nc3ccccc3NC2=O)c(C)c1. The van der Waals surface area contributed by atoms with Crippen LogP contribution in [-0.4, -0.2) is 11.9 Å². The van der Waals surface area contributed by atoms with Crippen molar-refractivity contribution in [1.82, 2.24) is 0 Å². The molecule has 108 valence electrons. The number of aryl methyl sites for hydroxylation is 3. The van der Waals surface area contributed by atoms with Gasteiger partial charge >= 0.3 is 0 Å². The number of benzene rings is 2. The van der Waals surface area contributed by atoms with Crippen LogP contribution in [0.25, 0.3) is 0 Å². The zero-order valence-corrected chi connectivity index (χ0v) is 12.7. The van der Waals surface area contributed by atoms with Gasteiger partial charge in [0, 0.05) is 6.42 Å². The van der Waals surface area contributed by atoms with E-state index in [4.69, 9.17) is 0 Å². The Hall–Kier alpha value is -2.29. The van der Waals surface area contributed by atoms with Gasteiger partial charge in [0.1, 0.15) is 6.04 Å². The lowest BCUT2D eigenvalue weighted by atomic mass is 9.93. The Labute approximate surface area is 125 Å². The maximum atomic E-state index is 12.3. The number of carbonyl (C=O) groups is 1. The molecule has 2 aromatic carbocycles. The molecule has 1 aliphatic heterocycles. The summed E-state index contributed by atoms with van der Waals surface area (Å²) >= 11 is 0. The summed E-state index contributed by atoms with van der Waals surface area (Å²) in [7, 11) is 0. The lowest BCUT2D eigenvalue weighted by molar-refractivity contribution is -0.117. The lowest BCUT2D eigenvalue weighted by Crippen LogP contribution is -2.40. The van der Waals surface area contributed by atoms with Gasteiger partial charge in [-0.2, -0.15) is 0 Å². The summed E-state index contributed by atoms with van der Waals surface area (Å²) in [5.74, 6) is 0.0353. The Morgan fingerprint density at radius 2 is 1.62 bits per heavy atom. The topological polar surface area (TPSA) is 41.1 Å². The highest BCUT2D eigenvalue weighted by atomic mass is 16.2. The van der Waals surface area contributed by atoms with Gasteiger partial charge in [0.25, 0.3) is 0 Å². The molecule has 0 unspecified atom stereocenters. The van der Waals surface area contributed by atoms with Gasteiger partial charge in [0.2, 0.25) is 5.91 Å². The minimum atomic E-state index is -0.222. The van der Waals surface area contributed by atoms with Crippen molar-refractivity contribution < 1.29 is 4.79 Å². The van der Waals surface area contributed by atoms with Crippen molar-refractivity contribution in [3.63, 3.8) is 0 Å². The molecule has 3 heteroatoms. The van der Waals surface area contributed by atoms with E-state index >= 15 is 0 Å². The molecule has 2 N–H and O–H groups in total. The minimum Gasteiger partial charge on any atom is -0.372 e. The van der Waals surface area contributed by atoms with Crippen LogP contribution in [0.1, 0.15) is 22.3 Å². The van der Waals surface area contributed by atoms with Gasteiger partial charge in [-0.05, 0) is 49.6 Å². The van der Waals surface area contributed by atoms with Crippen LogP contribution in [0.2, 0.25) is 0 Å². The Morgan fingerprint density at radius 3 is 2.29 bits per heavy atom. The molecule has 0 spiro atoms. The van der Waals surface area contributed by atoms with Crippen molar-refractivity contribution in [3.05, 3.63) is 58.7 Å². The average molecular weight is 280 g/mol. The molecule has 0 saturated carbocycles. The smallest absolute Gasteiger partial charge is 0.247 e. The number of nitrogens with one attached hydrogen (secondary N) is 2. The number of anilines is 2. The van der Waals surface area contributed by atoms with Gasteiger partial charge in [0.05, 0.1) is 11.4 Å². The molecule has 1 heterocycles. The number of rotatable bonds is 2. The van der Waals surface area contributed by atoms with Gasteiger partial charge in [-0.3, -0.25) is 4.79 Å². The number of fused-ring (bicyclic) bond motifs is 1. The number of para-hydroxylation sites is 2. The van der Waals surface area contributed by atoms with E-state index in [0.29, 0.717) is 6.42 Å². The molecule has 3 rings (SSSR count). The van der Waals surface area contributed by atoms with Crippen molar-refractivity contribution in [1.29, 1.82) is 0 Å². The molecule has 1 aliphatic rings. The maximum Gasteiger partial charge on any atom is 0.247 e. The summed E-state index contributed by atoms with van der Waals surface area (Å²) in [4.78, 5) is 12.3. The highest BCUT2D eigenvalue weighted by Gasteiger charge is 2.26. The fraction of sp³-hybridized carbons (Fsp3) is 0.278. The molecule has 0 aliphatic carbocycles. The van der Waals surface area contributed by atoms with Crippen LogP contribution in [0.5, 0.6) is 0 Å².